The van der Waals surface area contributed by atoms with Gasteiger partial charge in [-0.2, -0.15) is 0 Å². The summed E-state index contributed by atoms with van der Waals surface area (Å²) in [5.74, 6) is -0.847. The number of anilines is 1. The maximum Gasteiger partial charge on any atom is 0.313 e. The summed E-state index contributed by atoms with van der Waals surface area (Å²) in [5, 5.41) is 0. The van der Waals surface area contributed by atoms with Crippen LogP contribution in [0, 0.1) is 10.8 Å². The summed E-state index contributed by atoms with van der Waals surface area (Å²) >= 11 is 0. The summed E-state index contributed by atoms with van der Waals surface area (Å²) in [6, 6.07) is 0. The summed E-state index contributed by atoms with van der Waals surface area (Å²) < 4.78 is 57.2. The first kappa shape index (κ1) is 31.8. The Morgan fingerprint density at radius 3 is 1.87 bits per heavy atom. The van der Waals surface area contributed by atoms with E-state index in [9.17, 15) is 18.7 Å². The van der Waals surface area contributed by atoms with Gasteiger partial charge in [-0.15, -0.1) is 0 Å². The van der Waals surface area contributed by atoms with Crippen LogP contribution in [0.4, 0.5) is 5.82 Å². The van der Waals surface area contributed by atoms with Gasteiger partial charge >= 0.3 is 11.9 Å². The number of fused-ring (bicyclic) bond motifs is 1. The van der Waals surface area contributed by atoms with E-state index in [1.165, 1.54) is 12.7 Å². The zero-order chi connectivity index (χ0) is 28.5. The Kier molecular flexibility index (Phi) is 11.8. The summed E-state index contributed by atoms with van der Waals surface area (Å²) in [6.45, 7) is 9.03. The molecule has 0 bridgehead atoms. The third kappa shape index (κ3) is 10.4. The maximum atomic E-state index is 12.3. The molecule has 0 fully saturated rings. The van der Waals surface area contributed by atoms with Gasteiger partial charge in [-0.1, -0.05) is 0 Å². The molecule has 17 heteroatoms. The van der Waals surface area contributed by atoms with Crippen molar-refractivity contribution in [1.29, 1.82) is 0 Å². The summed E-state index contributed by atoms with van der Waals surface area (Å²) in [7, 11) is -5.57. The van der Waals surface area contributed by atoms with Crippen LogP contribution in [0.1, 0.15) is 41.5 Å². The van der Waals surface area contributed by atoms with Gasteiger partial charge in [0.15, 0.2) is 31.3 Å². The van der Waals surface area contributed by atoms with Crippen LogP contribution in [0.5, 0.6) is 0 Å². The molecule has 2 aromatic rings. The number of nitrogens with zero attached hydrogens (tertiary/aromatic N) is 4. The average molecular weight is 579 g/mol. The number of hydrogen-bond donors (Lipinski definition) is 1. The Bertz CT molecular complexity index is 1100. The molecule has 0 aromatic carbocycles. The number of esters is 2. The number of aromatic nitrogens is 4. The lowest BCUT2D eigenvalue weighted by Crippen LogP contribution is -2.25. The summed E-state index contributed by atoms with van der Waals surface area (Å²) in [5.41, 5.74) is 5.10. The van der Waals surface area contributed by atoms with E-state index in [-0.39, 0.29) is 12.4 Å². The first-order valence-electron chi connectivity index (χ1n) is 11.5. The number of nitrogens with two attached hydrogens (primary N) is 1. The smallest absolute Gasteiger partial charge is 0.313 e. The van der Waals surface area contributed by atoms with E-state index in [1.807, 2.05) is 0 Å². The molecule has 0 saturated carbocycles. The number of hydrogen-bond acceptors (Lipinski definition) is 14. The molecular weight excluding hydrogens is 544 g/mol. The fourth-order valence-electron chi connectivity index (χ4n) is 2.48. The molecule has 2 N–H and O–H groups in total. The Morgan fingerprint density at radius 2 is 1.39 bits per heavy atom. The van der Waals surface area contributed by atoms with E-state index < -0.39 is 71.4 Å². The van der Waals surface area contributed by atoms with Gasteiger partial charge in [0.25, 0.3) is 0 Å². The Labute approximate surface area is 221 Å². The SMILES string of the molecule is CC(C)(C)C(=O)OCO[PH](=O)COC(Cn1cnc2c(N)ncnc21)OC[PH](=O)OCOC(=O)C(C)(C)C. The molecule has 2 aromatic heterocycles. The fraction of sp³-hybridized carbons (Fsp3) is 0.667. The normalized spacial score (nSPS) is 14.7. The third-order valence-corrected chi connectivity index (χ3v) is 6.28. The number of carbonyl (C=O) groups is 2. The van der Waals surface area contributed by atoms with Crippen molar-refractivity contribution in [3.05, 3.63) is 12.7 Å². The van der Waals surface area contributed by atoms with Crippen LogP contribution in [0.2, 0.25) is 0 Å². The molecule has 2 heterocycles. The van der Waals surface area contributed by atoms with Gasteiger partial charge in [0, 0.05) is 0 Å². The highest BCUT2D eigenvalue weighted by atomic mass is 31.1. The second-order valence-electron chi connectivity index (χ2n) is 10.0. The largest absolute Gasteiger partial charge is 0.438 e. The zero-order valence-corrected chi connectivity index (χ0v) is 24.2. The standard InChI is InChI=1S/C21H35N5O10P2/c1-20(2,3)18(27)31-10-35-37(29)12-33-14(7-26-9-25-15-16(22)23-8-24-17(15)26)34-13-38(30)36-11-32-19(28)21(4,5)6/h8-9,14,37-38H,7,10-13H2,1-6H3,(H2,22,23,24). The molecule has 0 aliphatic heterocycles. The highest BCUT2D eigenvalue weighted by Gasteiger charge is 2.24. The van der Waals surface area contributed by atoms with Crippen LogP contribution in [-0.2, 0) is 53.3 Å². The number of carbonyl (C=O) groups excluding carboxylic acids is 2. The molecular formula is C21H35N5O10P2. The molecule has 0 aliphatic carbocycles. The van der Waals surface area contributed by atoms with Gasteiger partial charge in [-0.05, 0) is 41.5 Å². The number of rotatable bonds is 14. The van der Waals surface area contributed by atoms with Crippen molar-refractivity contribution in [2.75, 3.05) is 32.0 Å². The molecule has 0 saturated heterocycles. The first-order chi connectivity index (χ1) is 17.7. The maximum absolute atomic E-state index is 12.3. The van der Waals surface area contributed by atoms with E-state index in [1.54, 1.807) is 46.1 Å². The lowest BCUT2D eigenvalue weighted by molar-refractivity contribution is -0.160. The van der Waals surface area contributed by atoms with E-state index in [0.717, 1.165) is 0 Å². The van der Waals surface area contributed by atoms with Crippen molar-refractivity contribution in [2.24, 2.45) is 10.8 Å². The van der Waals surface area contributed by atoms with Gasteiger partial charge in [0.2, 0.25) is 16.1 Å². The molecule has 214 valence electrons. The monoisotopic (exact) mass is 579 g/mol. The Morgan fingerprint density at radius 1 is 0.895 bits per heavy atom. The molecule has 2 rings (SSSR count). The van der Waals surface area contributed by atoms with E-state index in [4.69, 9.17) is 33.7 Å². The van der Waals surface area contributed by atoms with E-state index in [2.05, 4.69) is 15.0 Å². The minimum absolute atomic E-state index is 0.00470. The van der Waals surface area contributed by atoms with Crippen LogP contribution >= 0.6 is 16.1 Å². The third-order valence-electron chi connectivity index (χ3n) is 4.59. The molecule has 0 aliphatic rings. The van der Waals surface area contributed by atoms with Gasteiger partial charge in [-0.3, -0.25) is 27.8 Å². The van der Waals surface area contributed by atoms with Gasteiger partial charge < -0.3 is 29.2 Å². The number of imidazole rings is 1. The molecule has 2 atom stereocenters. The zero-order valence-electron chi connectivity index (χ0n) is 22.2. The van der Waals surface area contributed by atoms with Crippen molar-refractivity contribution in [3.8, 4) is 0 Å². The summed E-state index contributed by atoms with van der Waals surface area (Å²) in [4.78, 5) is 35.8. The minimum atomic E-state index is -2.79. The van der Waals surface area contributed by atoms with Crippen molar-refractivity contribution in [2.45, 2.75) is 54.4 Å². The molecule has 15 nitrogen and oxygen atoms in total. The minimum Gasteiger partial charge on any atom is -0.438 e. The lowest BCUT2D eigenvalue weighted by atomic mass is 9.98. The predicted octanol–water partition coefficient (Wildman–Crippen LogP) is 2.76. The highest BCUT2D eigenvalue weighted by Crippen LogP contribution is 2.27. The van der Waals surface area contributed by atoms with Crippen molar-refractivity contribution < 1.29 is 46.7 Å². The van der Waals surface area contributed by atoms with Crippen LogP contribution in [0.25, 0.3) is 11.2 Å². The van der Waals surface area contributed by atoms with Crippen LogP contribution < -0.4 is 5.73 Å². The van der Waals surface area contributed by atoms with E-state index >= 15 is 0 Å². The highest BCUT2D eigenvalue weighted by molar-refractivity contribution is 7.39. The second kappa shape index (κ2) is 14.1. The molecule has 0 radical (unpaired) electrons. The lowest BCUT2D eigenvalue weighted by Gasteiger charge is -2.20. The molecule has 0 spiro atoms. The van der Waals surface area contributed by atoms with Gasteiger partial charge in [0.1, 0.15) is 24.5 Å². The van der Waals surface area contributed by atoms with Crippen molar-refractivity contribution in [3.63, 3.8) is 0 Å². The van der Waals surface area contributed by atoms with Crippen LogP contribution in [0.3, 0.4) is 0 Å². The fourth-order valence-corrected chi connectivity index (χ4v) is 3.67. The van der Waals surface area contributed by atoms with E-state index in [0.29, 0.717) is 11.2 Å². The molecule has 2 unspecified atom stereocenters. The second-order valence-corrected chi connectivity index (χ2v) is 12.7. The molecule has 38 heavy (non-hydrogen) atoms. The average Bonchev–Trinajstić information content (AvgIpc) is 3.23. The summed E-state index contributed by atoms with van der Waals surface area (Å²) in [6.07, 6.45) is 0.831. The van der Waals surface area contributed by atoms with Gasteiger partial charge in [0.05, 0.1) is 23.7 Å². The quantitative estimate of drug-likeness (QED) is 0.195. The van der Waals surface area contributed by atoms with Crippen molar-refractivity contribution in [1.82, 2.24) is 19.5 Å². The van der Waals surface area contributed by atoms with Gasteiger partial charge in [-0.25, -0.2) is 15.0 Å². The van der Waals surface area contributed by atoms with Crippen molar-refractivity contribution >= 4 is 45.0 Å². The van der Waals surface area contributed by atoms with Crippen LogP contribution in [-0.4, -0.2) is 64.0 Å². The number of nitrogen functional groups attached to an aromatic ring is 1. The Hall–Kier alpha value is -2.41. The molecule has 0 amide bonds. The number of ether oxygens (including phenoxy) is 4. The first-order valence-corrected chi connectivity index (χ1v) is 14.5. The Balaban J connectivity index is 1.95. The predicted molar refractivity (Wildman–Crippen MR) is 136 cm³/mol. The van der Waals surface area contributed by atoms with Crippen LogP contribution in [0.15, 0.2) is 12.7 Å². The topological polar surface area (TPSA) is 193 Å².